The molecule has 10 heteroatoms. The molecule has 4 heterocycles. The van der Waals surface area contributed by atoms with Crippen LogP contribution in [0.4, 0.5) is 5.00 Å². The van der Waals surface area contributed by atoms with E-state index in [2.05, 4.69) is 33.1 Å². The van der Waals surface area contributed by atoms with Crippen LogP contribution in [0.1, 0.15) is 65.9 Å². The van der Waals surface area contributed by atoms with Crippen molar-refractivity contribution in [2.75, 3.05) is 25.9 Å². The first-order chi connectivity index (χ1) is 17.0. The largest absolute Gasteiger partial charge is 0.476 e. The molecule has 2 N–H and O–H groups in total. The lowest BCUT2D eigenvalue weighted by atomic mass is 9.63. The van der Waals surface area contributed by atoms with Gasteiger partial charge in [-0.2, -0.15) is 10.2 Å². The van der Waals surface area contributed by atoms with E-state index in [1.165, 1.54) is 22.6 Å². The maximum absolute atomic E-state index is 9.89. The number of likely N-dealkylation sites (tertiary alicyclic amines) is 1. The molecule has 0 aromatic carbocycles. The first-order valence-corrected chi connectivity index (χ1v) is 13.4. The van der Waals surface area contributed by atoms with Gasteiger partial charge in [-0.05, 0) is 70.5 Å². The number of halogens is 1. The highest BCUT2D eigenvalue weighted by Gasteiger charge is 2.48. The summed E-state index contributed by atoms with van der Waals surface area (Å²) in [4.78, 5) is 12.6. The first kappa shape index (κ1) is 22.8. The smallest absolute Gasteiger partial charge is 0.218 e. The Morgan fingerprint density at radius 2 is 2.14 bits per heavy atom. The number of nitrogens with zero attached hydrogens (tertiary/aromatic N) is 5. The number of aryl methyl sites for hydroxylation is 1. The lowest BCUT2D eigenvalue weighted by molar-refractivity contribution is 0.193. The molecule has 0 saturated carbocycles. The highest BCUT2D eigenvalue weighted by molar-refractivity contribution is 7.16. The molecule has 35 heavy (non-hydrogen) atoms. The summed E-state index contributed by atoms with van der Waals surface area (Å²) in [5.41, 5.74) is 9.13. The highest BCUT2D eigenvalue weighted by Crippen LogP contribution is 2.55. The summed E-state index contributed by atoms with van der Waals surface area (Å²) in [5, 5.41) is 15.3. The lowest BCUT2D eigenvalue weighted by Gasteiger charge is -2.39. The molecule has 1 aliphatic heterocycles. The van der Waals surface area contributed by atoms with Gasteiger partial charge in [-0.3, -0.25) is 0 Å². The van der Waals surface area contributed by atoms with Crippen molar-refractivity contribution < 1.29 is 9.26 Å². The second-order valence-corrected chi connectivity index (χ2v) is 11.3. The van der Waals surface area contributed by atoms with Crippen LogP contribution in [0.15, 0.2) is 10.6 Å². The van der Waals surface area contributed by atoms with Crippen LogP contribution in [-0.4, -0.2) is 46.3 Å². The van der Waals surface area contributed by atoms with Gasteiger partial charge in [0.2, 0.25) is 5.88 Å². The Kier molecular flexibility index (Phi) is 5.71. The number of likely N-dealkylation sites (N-methyl/N-ethyl adjacent to an activating group) is 1. The molecule has 8 nitrogen and oxygen atoms in total. The molecule has 2 atom stereocenters. The molecule has 3 aromatic heterocycles. The van der Waals surface area contributed by atoms with Gasteiger partial charge in [0.05, 0.1) is 11.0 Å². The first-order valence-electron chi connectivity index (χ1n) is 12.2. The van der Waals surface area contributed by atoms with Gasteiger partial charge in [-0.1, -0.05) is 16.8 Å². The van der Waals surface area contributed by atoms with E-state index in [1.807, 2.05) is 0 Å². The number of ether oxygens (including phenoxy) is 1. The van der Waals surface area contributed by atoms with Gasteiger partial charge >= 0.3 is 0 Å². The van der Waals surface area contributed by atoms with Crippen LogP contribution >= 0.6 is 22.9 Å². The zero-order valence-electron chi connectivity index (χ0n) is 19.6. The lowest BCUT2D eigenvalue weighted by Crippen LogP contribution is -2.35. The number of rotatable bonds is 4. The van der Waals surface area contributed by atoms with Crippen LogP contribution in [0.2, 0.25) is 5.15 Å². The van der Waals surface area contributed by atoms with Crippen molar-refractivity contribution >= 4 is 27.9 Å². The molecule has 0 radical (unpaired) electrons. The summed E-state index contributed by atoms with van der Waals surface area (Å²) >= 11 is 7.91. The molecule has 1 spiro atoms. The van der Waals surface area contributed by atoms with Gasteiger partial charge in [-0.25, -0.2) is 4.98 Å². The Balaban J connectivity index is 1.38. The van der Waals surface area contributed by atoms with Crippen LogP contribution in [0, 0.1) is 11.3 Å². The molecular weight excluding hydrogens is 484 g/mol. The number of aromatic nitrogens is 3. The third kappa shape index (κ3) is 3.70. The van der Waals surface area contributed by atoms with Crippen molar-refractivity contribution in [3.8, 4) is 23.5 Å². The summed E-state index contributed by atoms with van der Waals surface area (Å²) in [6, 6.07) is 4.38. The highest BCUT2D eigenvalue weighted by atomic mass is 35.5. The Labute approximate surface area is 213 Å². The predicted octanol–water partition coefficient (Wildman–Crippen LogP) is 4.73. The van der Waals surface area contributed by atoms with Crippen molar-refractivity contribution in [1.82, 2.24) is 20.0 Å². The van der Waals surface area contributed by atoms with Crippen molar-refractivity contribution in [3.05, 3.63) is 38.5 Å². The average Bonchev–Trinajstić information content (AvgIpc) is 3.54. The fourth-order valence-corrected chi connectivity index (χ4v) is 7.50. The maximum Gasteiger partial charge on any atom is 0.218 e. The van der Waals surface area contributed by atoms with Crippen molar-refractivity contribution in [3.63, 3.8) is 0 Å². The Bertz CT molecular complexity index is 1330. The van der Waals surface area contributed by atoms with E-state index in [1.54, 1.807) is 6.07 Å². The number of nitrogen functional groups attached to an aromatic ring is 1. The molecule has 6 rings (SSSR count). The van der Waals surface area contributed by atoms with E-state index >= 15 is 0 Å². The van der Waals surface area contributed by atoms with Crippen LogP contribution in [0.5, 0.6) is 5.88 Å². The third-order valence-corrected chi connectivity index (χ3v) is 9.11. The number of nitriles is 1. The molecule has 0 bridgehead atoms. The summed E-state index contributed by atoms with van der Waals surface area (Å²) in [6.45, 7) is 1.64. The predicted molar refractivity (Wildman–Crippen MR) is 134 cm³/mol. The van der Waals surface area contributed by atoms with Gasteiger partial charge in [-0.15, -0.1) is 11.3 Å². The van der Waals surface area contributed by atoms with Crippen LogP contribution in [-0.2, 0) is 18.3 Å². The molecule has 1 fully saturated rings. The standard InChI is InChI=1S/C25H27ClN6O2S/c1-32-10-4-5-14(32)13-33-19-11-18(26)29-24(30-19)21-15-6-2-8-25(22(15)34-31-21)9-3-7-17-20(25)16(12-27)23(28)35-17/h11,14H,2-10,13,28H2,1H3/t14-,25-/m0/s1. The number of nitrogens with two attached hydrogens (primary N) is 1. The fourth-order valence-electron chi connectivity index (χ4n) is 6.17. The Morgan fingerprint density at radius 1 is 1.31 bits per heavy atom. The van der Waals surface area contributed by atoms with E-state index in [-0.39, 0.29) is 5.41 Å². The Hall–Kier alpha value is -2.67. The number of hydrogen-bond donors (Lipinski definition) is 1. The molecule has 1 saturated heterocycles. The minimum Gasteiger partial charge on any atom is -0.476 e. The van der Waals surface area contributed by atoms with E-state index in [9.17, 15) is 5.26 Å². The fraction of sp³-hybridized carbons (Fsp3) is 0.520. The Morgan fingerprint density at radius 3 is 2.91 bits per heavy atom. The zero-order valence-corrected chi connectivity index (χ0v) is 21.2. The molecule has 3 aromatic rings. The van der Waals surface area contributed by atoms with Crippen molar-refractivity contribution in [2.45, 2.75) is 62.8 Å². The quantitative estimate of drug-likeness (QED) is 0.501. The molecule has 0 amide bonds. The molecule has 0 unspecified atom stereocenters. The molecule has 2 aliphatic carbocycles. The molecule has 3 aliphatic rings. The van der Waals surface area contributed by atoms with Crippen molar-refractivity contribution in [1.29, 1.82) is 5.26 Å². The molecular formula is C25H27ClN6O2S. The summed E-state index contributed by atoms with van der Waals surface area (Å²) in [6.07, 6.45) is 7.84. The minimum atomic E-state index is -0.378. The van der Waals surface area contributed by atoms with Gasteiger partial charge in [0, 0.05) is 22.5 Å². The third-order valence-electron chi connectivity index (χ3n) is 7.84. The average molecular weight is 511 g/mol. The van der Waals surface area contributed by atoms with Crippen LogP contribution in [0.3, 0.4) is 0 Å². The van der Waals surface area contributed by atoms with Crippen LogP contribution < -0.4 is 10.5 Å². The van der Waals surface area contributed by atoms with Gasteiger partial charge in [0.1, 0.15) is 22.8 Å². The van der Waals surface area contributed by atoms with Gasteiger partial charge < -0.3 is 19.9 Å². The SMILES string of the molecule is CN1CCC[C@H]1COc1cc(Cl)nc(-c2noc3c2CCC[C@@]32CCCc3sc(N)c(C#N)c32)n1. The minimum absolute atomic E-state index is 0.310. The van der Waals surface area contributed by atoms with Crippen molar-refractivity contribution in [2.24, 2.45) is 0 Å². The second kappa shape index (κ2) is 8.77. The summed E-state index contributed by atoms with van der Waals surface area (Å²) in [7, 11) is 2.12. The normalized spacial score (nSPS) is 23.7. The number of thiophene rings is 1. The summed E-state index contributed by atoms with van der Waals surface area (Å²) < 4.78 is 12.1. The van der Waals surface area contributed by atoms with Gasteiger partial charge in [0.15, 0.2) is 17.3 Å². The maximum atomic E-state index is 9.89. The molecule has 182 valence electrons. The van der Waals surface area contributed by atoms with E-state index in [4.69, 9.17) is 26.6 Å². The number of hydrogen-bond acceptors (Lipinski definition) is 9. The number of anilines is 1. The zero-order chi connectivity index (χ0) is 24.2. The topological polar surface area (TPSA) is 114 Å². The van der Waals surface area contributed by atoms with Crippen LogP contribution in [0.25, 0.3) is 11.5 Å². The van der Waals surface area contributed by atoms with E-state index in [0.29, 0.717) is 45.8 Å². The summed E-state index contributed by atoms with van der Waals surface area (Å²) in [5.74, 6) is 1.68. The van der Waals surface area contributed by atoms with Gasteiger partial charge in [0.25, 0.3) is 0 Å². The number of fused-ring (bicyclic) bond motifs is 4. The monoisotopic (exact) mass is 510 g/mol. The van der Waals surface area contributed by atoms with E-state index < -0.39 is 0 Å². The van der Waals surface area contributed by atoms with E-state index in [0.717, 1.165) is 68.4 Å². The second-order valence-electron chi connectivity index (χ2n) is 9.82.